The number of anilines is 2. The minimum Gasteiger partial charge on any atom is -0.397 e. The Hall–Kier alpha value is -1.27. The van der Waals surface area contributed by atoms with Gasteiger partial charge in [0.25, 0.3) is 5.91 Å². The van der Waals surface area contributed by atoms with Gasteiger partial charge >= 0.3 is 0 Å². The van der Waals surface area contributed by atoms with E-state index in [2.05, 4.69) is 23.8 Å². The third-order valence-corrected chi connectivity index (χ3v) is 4.50. The van der Waals surface area contributed by atoms with E-state index in [1.165, 1.54) is 11.3 Å². The first kappa shape index (κ1) is 13.2. The van der Waals surface area contributed by atoms with Crippen LogP contribution in [-0.2, 0) is 0 Å². The second-order valence-corrected chi connectivity index (χ2v) is 5.92. The molecule has 0 aromatic carbocycles. The third kappa shape index (κ3) is 2.59. The summed E-state index contributed by atoms with van der Waals surface area (Å²) in [5, 5.41) is 1.05. The molecule has 1 atom stereocenters. The van der Waals surface area contributed by atoms with Crippen molar-refractivity contribution in [2.75, 3.05) is 37.3 Å². The number of nitrogens with two attached hydrogens (primary N) is 2. The van der Waals surface area contributed by atoms with Crippen molar-refractivity contribution in [3.8, 4) is 0 Å². The van der Waals surface area contributed by atoms with Gasteiger partial charge in [-0.1, -0.05) is 0 Å². The van der Waals surface area contributed by atoms with E-state index < -0.39 is 5.91 Å². The van der Waals surface area contributed by atoms with Crippen LogP contribution in [0.2, 0.25) is 0 Å². The van der Waals surface area contributed by atoms with Crippen molar-refractivity contribution in [3.63, 3.8) is 0 Å². The number of hydrogen-bond donors (Lipinski definition) is 2. The Bertz CT molecular complexity index is 445. The predicted octanol–water partition coefficient (Wildman–Crippen LogP) is 0.960. The molecule has 1 aliphatic rings. The van der Waals surface area contributed by atoms with Crippen LogP contribution in [0, 0.1) is 0 Å². The van der Waals surface area contributed by atoms with Crippen LogP contribution in [0.1, 0.15) is 23.0 Å². The molecule has 0 aliphatic carbocycles. The molecule has 4 N–H and O–H groups in total. The summed E-state index contributed by atoms with van der Waals surface area (Å²) in [5.41, 5.74) is 11.6. The quantitative estimate of drug-likeness (QED) is 0.837. The molecule has 1 aliphatic heterocycles. The minimum atomic E-state index is -0.441. The molecule has 1 fully saturated rings. The number of hydrogen-bond acceptors (Lipinski definition) is 5. The largest absolute Gasteiger partial charge is 0.397 e. The summed E-state index contributed by atoms with van der Waals surface area (Å²) in [7, 11) is 2.14. The molecule has 0 spiro atoms. The van der Waals surface area contributed by atoms with Crippen molar-refractivity contribution in [1.29, 1.82) is 0 Å². The number of thiophene rings is 1. The molecular formula is C12H20N4OS. The molecular weight excluding hydrogens is 248 g/mol. The Labute approximate surface area is 111 Å². The van der Waals surface area contributed by atoms with E-state index in [0.717, 1.165) is 31.1 Å². The Morgan fingerprint density at radius 1 is 1.50 bits per heavy atom. The molecule has 2 heterocycles. The summed E-state index contributed by atoms with van der Waals surface area (Å²) in [6.45, 7) is 5.30. The number of nitrogens with zero attached hydrogens (tertiary/aromatic N) is 2. The van der Waals surface area contributed by atoms with Crippen molar-refractivity contribution in [2.24, 2.45) is 5.73 Å². The Balaban J connectivity index is 2.24. The number of primary amides is 1. The van der Waals surface area contributed by atoms with Crippen molar-refractivity contribution in [3.05, 3.63) is 10.9 Å². The number of carbonyl (C=O) groups is 1. The Kier molecular flexibility index (Phi) is 3.77. The van der Waals surface area contributed by atoms with Crippen LogP contribution in [0.3, 0.4) is 0 Å². The van der Waals surface area contributed by atoms with Gasteiger partial charge in [0.05, 0.1) is 10.7 Å². The number of amides is 1. The molecule has 0 radical (unpaired) electrons. The lowest BCUT2D eigenvalue weighted by atomic mass is 10.3. The average Bonchev–Trinajstić information content (AvgIpc) is 2.57. The molecule has 18 heavy (non-hydrogen) atoms. The summed E-state index contributed by atoms with van der Waals surface area (Å²) in [4.78, 5) is 16.4. The highest BCUT2D eigenvalue weighted by Crippen LogP contribution is 2.33. The third-order valence-electron chi connectivity index (χ3n) is 3.30. The van der Waals surface area contributed by atoms with Crippen molar-refractivity contribution < 1.29 is 4.79 Å². The van der Waals surface area contributed by atoms with Crippen molar-refractivity contribution >= 4 is 27.9 Å². The highest BCUT2D eigenvalue weighted by atomic mass is 32.1. The van der Waals surface area contributed by atoms with Crippen molar-refractivity contribution in [2.45, 2.75) is 19.4 Å². The molecule has 2 rings (SSSR count). The van der Waals surface area contributed by atoms with Crippen molar-refractivity contribution in [1.82, 2.24) is 4.90 Å². The van der Waals surface area contributed by atoms with Gasteiger partial charge in [-0.15, -0.1) is 11.3 Å². The maximum absolute atomic E-state index is 11.2. The van der Waals surface area contributed by atoms with Gasteiger partial charge in [0.1, 0.15) is 4.88 Å². The zero-order chi connectivity index (χ0) is 13.3. The molecule has 6 heteroatoms. The lowest BCUT2D eigenvalue weighted by Gasteiger charge is -2.28. The lowest BCUT2D eigenvalue weighted by molar-refractivity contribution is 0.100. The van der Waals surface area contributed by atoms with E-state index in [1.807, 2.05) is 6.07 Å². The first-order valence-corrected chi connectivity index (χ1v) is 6.95. The second kappa shape index (κ2) is 5.16. The van der Waals surface area contributed by atoms with Crippen LogP contribution in [-0.4, -0.2) is 43.5 Å². The number of rotatable bonds is 2. The van der Waals surface area contributed by atoms with Gasteiger partial charge in [-0.25, -0.2) is 0 Å². The van der Waals surface area contributed by atoms with Gasteiger partial charge in [-0.05, 0) is 33.0 Å². The second-order valence-electron chi connectivity index (χ2n) is 4.89. The fourth-order valence-electron chi connectivity index (χ4n) is 2.43. The monoisotopic (exact) mass is 268 g/mol. The molecule has 100 valence electrons. The standard InChI is InChI=1S/C12H20N4OS/c1-8-7-15(2)4-3-5-16(8)10-6-9(13)11(18-10)12(14)17/h6,8H,3-5,7,13H2,1-2H3,(H2,14,17). The number of carbonyl (C=O) groups excluding carboxylic acids is 1. The average molecular weight is 268 g/mol. The smallest absolute Gasteiger partial charge is 0.260 e. The predicted molar refractivity (Wildman–Crippen MR) is 76.2 cm³/mol. The summed E-state index contributed by atoms with van der Waals surface area (Å²) in [5.74, 6) is -0.441. The van der Waals surface area contributed by atoms with Crippen LogP contribution in [0.15, 0.2) is 6.07 Å². The molecule has 1 aromatic rings. The zero-order valence-electron chi connectivity index (χ0n) is 10.8. The SMILES string of the molecule is CC1CN(C)CCCN1c1cc(N)c(C(N)=O)s1. The van der Waals surface area contributed by atoms with Gasteiger partial charge in [0.2, 0.25) is 0 Å². The summed E-state index contributed by atoms with van der Waals surface area (Å²) in [6, 6.07) is 2.28. The van der Waals surface area contributed by atoms with E-state index in [0.29, 0.717) is 16.6 Å². The van der Waals surface area contributed by atoms with E-state index in [9.17, 15) is 4.79 Å². The van der Waals surface area contributed by atoms with E-state index in [-0.39, 0.29) is 0 Å². The molecule has 0 saturated carbocycles. The highest BCUT2D eigenvalue weighted by Gasteiger charge is 2.23. The van der Waals surface area contributed by atoms with Crippen LogP contribution < -0.4 is 16.4 Å². The first-order valence-electron chi connectivity index (χ1n) is 6.13. The number of nitrogen functional groups attached to an aromatic ring is 1. The van der Waals surface area contributed by atoms with E-state index in [4.69, 9.17) is 11.5 Å². The van der Waals surface area contributed by atoms with Gasteiger partial charge in [0.15, 0.2) is 0 Å². The molecule has 1 unspecified atom stereocenters. The van der Waals surface area contributed by atoms with E-state index in [1.54, 1.807) is 0 Å². The summed E-state index contributed by atoms with van der Waals surface area (Å²) in [6.07, 6.45) is 1.12. The highest BCUT2D eigenvalue weighted by molar-refractivity contribution is 7.18. The Morgan fingerprint density at radius 3 is 2.83 bits per heavy atom. The normalized spacial score (nSPS) is 21.9. The number of likely N-dealkylation sites (N-methyl/N-ethyl adjacent to an activating group) is 1. The van der Waals surface area contributed by atoms with E-state index >= 15 is 0 Å². The maximum Gasteiger partial charge on any atom is 0.260 e. The van der Waals surface area contributed by atoms with Gasteiger partial charge in [0, 0.05) is 19.1 Å². The fraction of sp³-hybridized carbons (Fsp3) is 0.583. The minimum absolute atomic E-state index is 0.413. The molecule has 5 nitrogen and oxygen atoms in total. The van der Waals surface area contributed by atoms with Crippen LogP contribution in [0.25, 0.3) is 0 Å². The first-order chi connectivity index (χ1) is 8.49. The summed E-state index contributed by atoms with van der Waals surface area (Å²) >= 11 is 1.40. The zero-order valence-corrected chi connectivity index (χ0v) is 11.7. The molecule has 1 amide bonds. The topological polar surface area (TPSA) is 75.6 Å². The van der Waals surface area contributed by atoms with Gasteiger partial charge < -0.3 is 21.3 Å². The van der Waals surface area contributed by atoms with Crippen LogP contribution in [0.5, 0.6) is 0 Å². The van der Waals surface area contributed by atoms with Gasteiger partial charge in [-0.2, -0.15) is 0 Å². The fourth-order valence-corrected chi connectivity index (χ4v) is 3.49. The molecule has 1 saturated heterocycles. The summed E-state index contributed by atoms with van der Waals surface area (Å²) < 4.78 is 0. The Morgan fingerprint density at radius 2 is 2.22 bits per heavy atom. The van der Waals surface area contributed by atoms with Crippen LogP contribution >= 0.6 is 11.3 Å². The van der Waals surface area contributed by atoms with Gasteiger partial charge in [-0.3, -0.25) is 4.79 Å². The van der Waals surface area contributed by atoms with Crippen LogP contribution in [0.4, 0.5) is 10.7 Å². The maximum atomic E-state index is 11.2. The molecule has 1 aromatic heterocycles. The lowest BCUT2D eigenvalue weighted by Crippen LogP contribution is -2.37. The molecule has 0 bridgehead atoms.